The van der Waals surface area contributed by atoms with Gasteiger partial charge in [-0.1, -0.05) is 127 Å². The zero-order chi connectivity index (χ0) is 33.0. The van der Waals surface area contributed by atoms with E-state index in [0.717, 1.165) is 17.1 Å². The minimum Gasteiger partial charge on any atom is -0.310 e. The standard InChI is InChI=1S/C48H31NS/c1-2-11-39(12-3-1)49(41-13-8-10-36(29-41)38-25-28-47-45(31-38)43-15-6-7-16-46(43)50-47)40-26-23-32(24-27-40)37-22-19-34-18-21-35-20-17-33-9-4-5-14-42(33)48(35)44(34)30-37/h1-31H. The number of hydrogen-bond donors (Lipinski definition) is 0. The minimum atomic E-state index is 1.12. The normalized spacial score (nSPS) is 11.6. The van der Waals surface area contributed by atoms with Gasteiger partial charge < -0.3 is 4.90 Å². The summed E-state index contributed by atoms with van der Waals surface area (Å²) in [5.41, 5.74) is 8.21. The lowest BCUT2D eigenvalue weighted by Gasteiger charge is -2.26. The van der Waals surface area contributed by atoms with Crippen molar-refractivity contribution in [2.24, 2.45) is 0 Å². The van der Waals surface area contributed by atoms with Gasteiger partial charge in [0.2, 0.25) is 0 Å². The molecule has 10 aromatic rings. The maximum atomic E-state index is 2.37. The molecule has 0 spiro atoms. The molecule has 0 atom stereocenters. The van der Waals surface area contributed by atoms with Crippen LogP contribution in [0.15, 0.2) is 188 Å². The molecule has 0 fully saturated rings. The smallest absolute Gasteiger partial charge is 0.0467 e. The van der Waals surface area contributed by atoms with Gasteiger partial charge in [0.05, 0.1) is 0 Å². The largest absolute Gasteiger partial charge is 0.310 e. The van der Waals surface area contributed by atoms with Crippen molar-refractivity contribution in [3.8, 4) is 22.3 Å². The molecule has 0 aliphatic heterocycles. The van der Waals surface area contributed by atoms with Crippen molar-refractivity contribution >= 4 is 80.9 Å². The topological polar surface area (TPSA) is 3.24 Å². The number of rotatable bonds is 5. The van der Waals surface area contributed by atoms with Crippen molar-refractivity contribution in [2.75, 3.05) is 4.90 Å². The predicted octanol–water partition coefficient (Wildman–Crippen LogP) is 14.3. The Kier molecular flexibility index (Phi) is 6.75. The highest BCUT2D eigenvalue weighted by molar-refractivity contribution is 7.25. The number of para-hydroxylation sites is 1. The summed E-state index contributed by atoms with van der Waals surface area (Å²) in [4.78, 5) is 2.35. The van der Waals surface area contributed by atoms with Crippen LogP contribution >= 0.6 is 11.3 Å². The summed E-state index contributed by atoms with van der Waals surface area (Å²) in [5, 5.41) is 10.4. The van der Waals surface area contributed by atoms with Crippen LogP contribution in [-0.2, 0) is 0 Å². The molecule has 50 heavy (non-hydrogen) atoms. The van der Waals surface area contributed by atoms with Gasteiger partial charge in [0.1, 0.15) is 0 Å². The molecule has 1 nitrogen and oxygen atoms in total. The molecule has 0 unspecified atom stereocenters. The van der Waals surface area contributed by atoms with E-state index in [-0.39, 0.29) is 0 Å². The first-order valence-electron chi connectivity index (χ1n) is 17.1. The van der Waals surface area contributed by atoms with E-state index in [1.807, 2.05) is 11.3 Å². The number of nitrogens with zero attached hydrogens (tertiary/aromatic N) is 1. The van der Waals surface area contributed by atoms with E-state index in [1.54, 1.807) is 0 Å². The molecule has 0 saturated heterocycles. The average Bonchev–Trinajstić information content (AvgIpc) is 3.56. The molecule has 234 valence electrons. The van der Waals surface area contributed by atoms with Crippen molar-refractivity contribution in [1.29, 1.82) is 0 Å². The van der Waals surface area contributed by atoms with Crippen LogP contribution in [0.1, 0.15) is 0 Å². The Labute approximate surface area is 294 Å². The van der Waals surface area contributed by atoms with E-state index in [4.69, 9.17) is 0 Å². The molecule has 1 heterocycles. The van der Waals surface area contributed by atoms with E-state index >= 15 is 0 Å². The third kappa shape index (κ3) is 4.84. The molecule has 0 saturated carbocycles. The second-order valence-electron chi connectivity index (χ2n) is 13.0. The van der Waals surface area contributed by atoms with Gasteiger partial charge in [0.25, 0.3) is 0 Å². The van der Waals surface area contributed by atoms with Gasteiger partial charge in [-0.3, -0.25) is 0 Å². The van der Waals surface area contributed by atoms with Crippen LogP contribution < -0.4 is 4.90 Å². The van der Waals surface area contributed by atoms with Gasteiger partial charge in [0, 0.05) is 37.2 Å². The van der Waals surface area contributed by atoms with Crippen molar-refractivity contribution in [3.63, 3.8) is 0 Å². The first-order valence-corrected chi connectivity index (χ1v) is 17.9. The SMILES string of the molecule is c1ccc(N(c2ccc(-c3ccc4ccc5ccc6ccccc6c5c4c3)cc2)c2cccc(-c3ccc4sc5ccccc5c4c3)c2)cc1. The molecule has 0 amide bonds. The number of hydrogen-bond acceptors (Lipinski definition) is 2. The maximum absolute atomic E-state index is 2.37. The molecule has 0 aliphatic rings. The quantitative estimate of drug-likeness (QED) is 0.167. The monoisotopic (exact) mass is 653 g/mol. The summed E-state index contributed by atoms with van der Waals surface area (Å²) in [6.07, 6.45) is 0. The fourth-order valence-electron chi connectivity index (χ4n) is 7.56. The van der Waals surface area contributed by atoms with Gasteiger partial charge >= 0.3 is 0 Å². The lowest BCUT2D eigenvalue weighted by atomic mass is 9.94. The Bertz CT molecular complexity index is 2860. The second kappa shape index (κ2) is 11.7. The fraction of sp³-hybridized carbons (Fsp3) is 0. The van der Waals surface area contributed by atoms with E-state index in [9.17, 15) is 0 Å². The molecule has 2 heteroatoms. The Morgan fingerprint density at radius 1 is 0.300 bits per heavy atom. The number of anilines is 3. The highest BCUT2D eigenvalue weighted by Crippen LogP contribution is 2.40. The lowest BCUT2D eigenvalue weighted by molar-refractivity contribution is 1.28. The summed E-state index contributed by atoms with van der Waals surface area (Å²) in [6, 6.07) is 68.7. The van der Waals surface area contributed by atoms with Crippen LogP contribution in [0, 0.1) is 0 Å². The van der Waals surface area contributed by atoms with Crippen molar-refractivity contribution in [1.82, 2.24) is 0 Å². The van der Waals surface area contributed by atoms with Crippen LogP contribution in [0.2, 0.25) is 0 Å². The van der Waals surface area contributed by atoms with Crippen molar-refractivity contribution in [2.45, 2.75) is 0 Å². The van der Waals surface area contributed by atoms with E-state index in [0.29, 0.717) is 0 Å². The zero-order valence-electron chi connectivity index (χ0n) is 27.3. The fourth-order valence-corrected chi connectivity index (χ4v) is 8.65. The van der Waals surface area contributed by atoms with Gasteiger partial charge in [-0.15, -0.1) is 11.3 Å². The Morgan fingerprint density at radius 3 is 1.72 bits per heavy atom. The minimum absolute atomic E-state index is 1.12. The average molecular weight is 654 g/mol. The molecule has 0 N–H and O–H groups in total. The summed E-state index contributed by atoms with van der Waals surface area (Å²) >= 11 is 1.86. The Morgan fingerprint density at radius 2 is 0.860 bits per heavy atom. The number of thiophene rings is 1. The van der Waals surface area contributed by atoms with Crippen LogP contribution in [-0.4, -0.2) is 0 Å². The van der Waals surface area contributed by atoms with Crippen molar-refractivity contribution < 1.29 is 0 Å². The molecule has 0 radical (unpaired) electrons. The Hall–Kier alpha value is -6.22. The predicted molar refractivity (Wildman–Crippen MR) is 217 cm³/mol. The molecule has 9 aromatic carbocycles. The molecule has 1 aromatic heterocycles. The van der Waals surface area contributed by atoms with Crippen LogP contribution in [0.3, 0.4) is 0 Å². The van der Waals surface area contributed by atoms with Gasteiger partial charge in [-0.25, -0.2) is 0 Å². The van der Waals surface area contributed by atoms with E-state index < -0.39 is 0 Å². The molecule has 0 aliphatic carbocycles. The highest BCUT2D eigenvalue weighted by Gasteiger charge is 2.15. The number of benzene rings is 9. The van der Waals surface area contributed by atoms with Crippen LogP contribution in [0.4, 0.5) is 17.1 Å². The maximum Gasteiger partial charge on any atom is 0.0467 e. The molecular formula is C48H31NS. The van der Waals surface area contributed by atoms with Gasteiger partial charge in [0.15, 0.2) is 0 Å². The lowest BCUT2D eigenvalue weighted by Crippen LogP contribution is -2.09. The van der Waals surface area contributed by atoms with Gasteiger partial charge in [-0.05, 0) is 115 Å². The highest BCUT2D eigenvalue weighted by atomic mass is 32.1. The molecule has 10 rings (SSSR count). The molecular weight excluding hydrogens is 623 g/mol. The van der Waals surface area contributed by atoms with E-state index in [2.05, 4.69) is 193 Å². The first-order chi connectivity index (χ1) is 24.8. The second-order valence-corrected chi connectivity index (χ2v) is 14.0. The van der Waals surface area contributed by atoms with Crippen molar-refractivity contribution in [3.05, 3.63) is 188 Å². The first kappa shape index (κ1) is 28.8. The van der Waals surface area contributed by atoms with E-state index in [1.165, 1.54) is 74.7 Å². The Balaban J connectivity index is 1.05. The van der Waals surface area contributed by atoms with Gasteiger partial charge in [-0.2, -0.15) is 0 Å². The summed E-state index contributed by atoms with van der Waals surface area (Å²) in [6.45, 7) is 0. The zero-order valence-corrected chi connectivity index (χ0v) is 28.1. The van der Waals surface area contributed by atoms with Crippen LogP contribution in [0.25, 0.3) is 74.7 Å². The molecule has 0 bridgehead atoms. The summed E-state index contributed by atoms with van der Waals surface area (Å²) in [5.74, 6) is 0. The summed E-state index contributed by atoms with van der Waals surface area (Å²) in [7, 11) is 0. The summed E-state index contributed by atoms with van der Waals surface area (Å²) < 4.78 is 2.66. The number of fused-ring (bicyclic) bond motifs is 8. The third-order valence-electron chi connectivity index (χ3n) is 10.0. The third-order valence-corrected chi connectivity index (χ3v) is 11.2. The van der Waals surface area contributed by atoms with Crippen LogP contribution in [0.5, 0.6) is 0 Å².